The second-order valence-corrected chi connectivity index (χ2v) is 9.09. The predicted molar refractivity (Wildman–Crippen MR) is 128 cm³/mol. The fourth-order valence-electron chi connectivity index (χ4n) is 3.96. The van der Waals surface area contributed by atoms with Gasteiger partial charge in [-0.25, -0.2) is 0 Å². The molecule has 0 fully saturated rings. The molecule has 0 radical (unpaired) electrons. The van der Waals surface area contributed by atoms with Crippen molar-refractivity contribution in [3.63, 3.8) is 0 Å². The maximum atomic E-state index is 6.55. The Bertz CT molecular complexity index is 949. The highest BCUT2D eigenvalue weighted by Gasteiger charge is 2.26. The summed E-state index contributed by atoms with van der Waals surface area (Å²) in [5, 5.41) is 0. The summed E-state index contributed by atoms with van der Waals surface area (Å²) in [6.07, 6.45) is 1.81. The zero-order valence-corrected chi connectivity index (χ0v) is 19.3. The summed E-state index contributed by atoms with van der Waals surface area (Å²) < 4.78 is 6.55. The van der Waals surface area contributed by atoms with Crippen LogP contribution in [0.3, 0.4) is 0 Å². The highest BCUT2D eigenvalue weighted by atomic mass is 17.2. The van der Waals surface area contributed by atoms with Crippen LogP contribution in [-0.4, -0.2) is 37.2 Å². The predicted octanol–water partition coefficient (Wildman–Crippen LogP) is 5.61. The minimum atomic E-state index is -0.104. The minimum Gasteiger partial charge on any atom is -0.367 e. The molecule has 1 aliphatic heterocycles. The van der Waals surface area contributed by atoms with Crippen molar-refractivity contribution in [2.45, 2.75) is 38.3 Å². The molecule has 0 spiro atoms. The molecule has 0 aliphatic carbocycles. The van der Waals surface area contributed by atoms with Crippen LogP contribution in [0.5, 0.6) is 5.75 Å². The van der Waals surface area contributed by atoms with Crippen LogP contribution < -0.4 is 4.89 Å². The van der Waals surface area contributed by atoms with Crippen LogP contribution in [0.25, 0.3) is 0 Å². The van der Waals surface area contributed by atoms with Gasteiger partial charge in [0.05, 0.1) is 13.2 Å². The van der Waals surface area contributed by atoms with Crippen LogP contribution in [0.4, 0.5) is 0 Å². The first-order chi connectivity index (χ1) is 15.5. The molecule has 4 nitrogen and oxygen atoms in total. The smallest absolute Gasteiger partial charge is 0.168 e. The van der Waals surface area contributed by atoms with Gasteiger partial charge in [0.2, 0.25) is 0 Å². The number of benzene rings is 3. The van der Waals surface area contributed by atoms with Gasteiger partial charge in [-0.2, -0.15) is 4.89 Å². The SMILES string of the molecule is CN(CCc1ccc2c(c1)CCOO2)C(C)(C)COC(c1ccccc1)c1ccccc1. The van der Waals surface area contributed by atoms with Crippen molar-refractivity contribution in [3.05, 3.63) is 101 Å². The number of hydrogen-bond acceptors (Lipinski definition) is 4. The summed E-state index contributed by atoms with van der Waals surface area (Å²) in [4.78, 5) is 12.7. The zero-order chi connectivity index (χ0) is 22.4. The molecule has 32 heavy (non-hydrogen) atoms. The molecule has 0 amide bonds. The molecule has 0 saturated heterocycles. The Morgan fingerprint density at radius 1 is 0.938 bits per heavy atom. The summed E-state index contributed by atoms with van der Waals surface area (Å²) in [5.74, 6) is 0.843. The molecule has 3 aromatic carbocycles. The molecule has 0 aromatic heterocycles. The Labute approximate surface area is 191 Å². The topological polar surface area (TPSA) is 30.9 Å². The van der Waals surface area contributed by atoms with Gasteiger partial charge in [-0.05, 0) is 50.1 Å². The number of hydrogen-bond donors (Lipinski definition) is 0. The van der Waals surface area contributed by atoms with E-state index in [0.29, 0.717) is 13.2 Å². The van der Waals surface area contributed by atoms with Crippen LogP contribution in [0.2, 0.25) is 0 Å². The third-order valence-corrected chi connectivity index (χ3v) is 6.31. The summed E-state index contributed by atoms with van der Waals surface area (Å²) >= 11 is 0. The van der Waals surface area contributed by atoms with Crippen LogP contribution in [0.1, 0.15) is 42.2 Å². The average molecular weight is 432 g/mol. The number of fused-ring (bicyclic) bond motifs is 1. The lowest BCUT2D eigenvalue weighted by Crippen LogP contribution is -2.46. The van der Waals surface area contributed by atoms with E-state index in [1.165, 1.54) is 22.3 Å². The van der Waals surface area contributed by atoms with Gasteiger partial charge in [-0.1, -0.05) is 72.8 Å². The van der Waals surface area contributed by atoms with Gasteiger partial charge < -0.3 is 9.62 Å². The molecule has 0 unspecified atom stereocenters. The minimum absolute atomic E-state index is 0.0760. The number of likely N-dealkylation sites (N-methyl/N-ethyl adjacent to an activating group) is 1. The monoisotopic (exact) mass is 431 g/mol. The lowest BCUT2D eigenvalue weighted by Gasteiger charge is -2.37. The Morgan fingerprint density at radius 3 is 2.25 bits per heavy atom. The van der Waals surface area contributed by atoms with Crippen LogP contribution in [0, 0.1) is 0 Å². The Kier molecular flexibility index (Phi) is 7.26. The lowest BCUT2D eigenvalue weighted by atomic mass is 9.99. The van der Waals surface area contributed by atoms with Crippen molar-refractivity contribution >= 4 is 0 Å². The first kappa shape index (κ1) is 22.5. The van der Waals surface area contributed by atoms with Crippen molar-refractivity contribution in [1.29, 1.82) is 0 Å². The van der Waals surface area contributed by atoms with Gasteiger partial charge in [0, 0.05) is 24.1 Å². The highest BCUT2D eigenvalue weighted by Crippen LogP contribution is 2.28. The van der Waals surface area contributed by atoms with E-state index >= 15 is 0 Å². The summed E-state index contributed by atoms with van der Waals surface area (Å²) in [6.45, 7) is 6.70. The van der Waals surface area contributed by atoms with Crippen molar-refractivity contribution in [1.82, 2.24) is 4.90 Å². The molecule has 3 aromatic rings. The van der Waals surface area contributed by atoms with E-state index in [2.05, 4.69) is 86.5 Å². The second-order valence-electron chi connectivity index (χ2n) is 9.09. The maximum absolute atomic E-state index is 6.55. The second kappa shape index (κ2) is 10.3. The largest absolute Gasteiger partial charge is 0.367 e. The molecule has 0 N–H and O–H groups in total. The van der Waals surface area contributed by atoms with Crippen LogP contribution in [0.15, 0.2) is 78.9 Å². The molecule has 1 heterocycles. The Balaban J connectivity index is 1.38. The average Bonchev–Trinajstić information content (AvgIpc) is 2.84. The van der Waals surface area contributed by atoms with Gasteiger partial charge in [0.1, 0.15) is 6.10 Å². The van der Waals surface area contributed by atoms with Crippen molar-refractivity contribution in [2.75, 3.05) is 26.8 Å². The number of ether oxygens (including phenoxy) is 1. The first-order valence-corrected chi connectivity index (χ1v) is 11.4. The van der Waals surface area contributed by atoms with Crippen molar-refractivity contribution < 1.29 is 14.5 Å². The van der Waals surface area contributed by atoms with E-state index in [1.807, 2.05) is 18.2 Å². The van der Waals surface area contributed by atoms with Gasteiger partial charge in [-0.3, -0.25) is 4.90 Å². The van der Waals surface area contributed by atoms with Gasteiger partial charge in [0.15, 0.2) is 5.75 Å². The summed E-state index contributed by atoms with van der Waals surface area (Å²) in [5.41, 5.74) is 4.80. The number of nitrogens with zero attached hydrogens (tertiary/aromatic N) is 1. The fourth-order valence-corrected chi connectivity index (χ4v) is 3.96. The third kappa shape index (κ3) is 5.57. The molecular formula is C28H33NO3. The van der Waals surface area contributed by atoms with E-state index in [1.54, 1.807) is 0 Å². The quantitative estimate of drug-likeness (QED) is 0.412. The van der Waals surface area contributed by atoms with Crippen LogP contribution >= 0.6 is 0 Å². The molecule has 0 bridgehead atoms. The summed E-state index contributed by atoms with van der Waals surface area (Å²) in [7, 11) is 2.18. The Hall–Kier alpha value is -2.66. The number of rotatable bonds is 9. The van der Waals surface area contributed by atoms with E-state index in [0.717, 1.165) is 25.1 Å². The fraction of sp³-hybridized carbons (Fsp3) is 0.357. The highest BCUT2D eigenvalue weighted by molar-refractivity contribution is 5.38. The van der Waals surface area contributed by atoms with Gasteiger partial charge in [0.25, 0.3) is 0 Å². The van der Waals surface area contributed by atoms with E-state index in [4.69, 9.17) is 14.5 Å². The maximum Gasteiger partial charge on any atom is 0.168 e. The first-order valence-electron chi connectivity index (χ1n) is 11.4. The van der Waals surface area contributed by atoms with Crippen LogP contribution in [-0.2, 0) is 22.5 Å². The molecule has 1 aliphatic rings. The van der Waals surface area contributed by atoms with Crippen molar-refractivity contribution in [2.24, 2.45) is 0 Å². The normalized spacial score (nSPS) is 13.8. The molecule has 0 saturated carbocycles. The zero-order valence-electron chi connectivity index (χ0n) is 19.3. The molecular weight excluding hydrogens is 398 g/mol. The summed E-state index contributed by atoms with van der Waals surface area (Å²) in [6, 6.07) is 27.3. The molecule has 4 heteroatoms. The van der Waals surface area contributed by atoms with E-state index in [-0.39, 0.29) is 11.6 Å². The van der Waals surface area contributed by atoms with Crippen molar-refractivity contribution in [3.8, 4) is 5.75 Å². The van der Waals surface area contributed by atoms with E-state index < -0.39 is 0 Å². The molecule has 4 rings (SSSR count). The van der Waals surface area contributed by atoms with Gasteiger partial charge in [-0.15, -0.1) is 0 Å². The standard InChI is InChI=1S/C28H33NO3/c1-28(2,29(3)18-16-22-14-15-26-25(20-22)17-19-31-32-26)21-30-27(23-10-6-4-7-11-23)24-12-8-5-9-13-24/h4-15,20,27H,16-19,21H2,1-3H3. The van der Waals surface area contributed by atoms with E-state index in [9.17, 15) is 0 Å². The third-order valence-electron chi connectivity index (χ3n) is 6.31. The molecule has 0 atom stereocenters. The molecule has 168 valence electrons. The van der Waals surface area contributed by atoms with Gasteiger partial charge >= 0.3 is 0 Å². The Morgan fingerprint density at radius 2 is 1.59 bits per heavy atom. The lowest BCUT2D eigenvalue weighted by molar-refractivity contribution is -0.215.